The molecule has 0 radical (unpaired) electrons. The first-order valence-electron chi connectivity index (χ1n) is 14.7. The molecule has 0 saturated heterocycles. The van der Waals surface area contributed by atoms with E-state index in [0.29, 0.717) is 34.7 Å². The molecule has 0 saturated carbocycles. The van der Waals surface area contributed by atoms with Crippen LogP contribution < -0.4 is 16.0 Å². The Hall–Kier alpha value is -5.22. The molecule has 0 spiro atoms. The molecule has 10 heteroatoms. The van der Waals surface area contributed by atoms with Crippen LogP contribution in [0, 0.1) is 5.82 Å². The molecule has 0 fully saturated rings. The Labute approximate surface area is 271 Å². The van der Waals surface area contributed by atoms with Gasteiger partial charge in [-0.25, -0.2) is 9.18 Å². The normalized spacial score (nSPS) is 11.7. The number of thioether (sulfide) groups is 1. The van der Waals surface area contributed by atoms with Crippen molar-refractivity contribution in [3.05, 3.63) is 131 Å². The zero-order valence-electron chi connectivity index (χ0n) is 25.4. The number of carbonyl (C=O) groups is 4. The van der Waals surface area contributed by atoms with E-state index in [1.807, 2.05) is 6.92 Å². The molecule has 0 aromatic heterocycles. The summed E-state index contributed by atoms with van der Waals surface area (Å²) in [4.78, 5) is 51.8. The van der Waals surface area contributed by atoms with Crippen LogP contribution in [0.2, 0.25) is 0 Å². The zero-order valence-corrected chi connectivity index (χ0v) is 26.2. The van der Waals surface area contributed by atoms with Gasteiger partial charge in [-0.3, -0.25) is 14.4 Å². The second-order valence-electron chi connectivity index (χ2n) is 10.2. The molecule has 0 bridgehead atoms. The van der Waals surface area contributed by atoms with Gasteiger partial charge in [0.15, 0.2) is 0 Å². The standard InChI is InChI=1S/C36H34FN3O5S/c1-3-4-22-45-36(44)27-12-16-29(17-13-27)38-33(41)24(2)46-31-20-18-30(19-21-31)39-35(43)32(23-25-10-14-28(37)15-11-25)40-34(42)26-8-6-5-7-9-26/h5-21,23-24H,3-4,22H2,1-2H3,(H,38,41)(H,39,43)(H,40,42)/b32-23-. The lowest BCUT2D eigenvalue weighted by atomic mass is 10.1. The molecule has 3 N–H and O–H groups in total. The second-order valence-corrected chi connectivity index (χ2v) is 11.6. The topological polar surface area (TPSA) is 114 Å². The number of carbonyl (C=O) groups excluding carboxylic acids is 4. The van der Waals surface area contributed by atoms with Crippen LogP contribution in [-0.2, 0) is 14.3 Å². The molecule has 46 heavy (non-hydrogen) atoms. The van der Waals surface area contributed by atoms with Crippen LogP contribution in [0.1, 0.15) is 53.0 Å². The number of esters is 1. The average molecular weight is 640 g/mol. The maximum atomic E-state index is 13.4. The smallest absolute Gasteiger partial charge is 0.338 e. The Balaban J connectivity index is 1.35. The summed E-state index contributed by atoms with van der Waals surface area (Å²) in [6, 6.07) is 27.5. The molecule has 4 rings (SSSR count). The van der Waals surface area contributed by atoms with Crippen molar-refractivity contribution < 1.29 is 28.3 Å². The van der Waals surface area contributed by atoms with Crippen LogP contribution in [0.3, 0.4) is 0 Å². The molecule has 0 heterocycles. The maximum absolute atomic E-state index is 13.4. The minimum atomic E-state index is -0.568. The summed E-state index contributed by atoms with van der Waals surface area (Å²) < 4.78 is 18.6. The van der Waals surface area contributed by atoms with Crippen molar-refractivity contribution >= 4 is 52.9 Å². The number of rotatable bonds is 13. The van der Waals surface area contributed by atoms with Crippen LogP contribution >= 0.6 is 11.8 Å². The molecule has 1 unspecified atom stereocenters. The van der Waals surface area contributed by atoms with E-state index in [0.717, 1.165) is 17.7 Å². The van der Waals surface area contributed by atoms with E-state index in [2.05, 4.69) is 16.0 Å². The number of benzene rings is 4. The van der Waals surface area contributed by atoms with Crippen LogP contribution in [0.5, 0.6) is 0 Å². The Kier molecular flexibility index (Phi) is 12.3. The van der Waals surface area contributed by atoms with E-state index in [1.54, 1.807) is 85.8 Å². The third-order valence-corrected chi connectivity index (χ3v) is 7.74. The molecule has 4 aromatic rings. The van der Waals surface area contributed by atoms with E-state index in [1.165, 1.54) is 42.1 Å². The molecular formula is C36H34FN3O5S. The summed E-state index contributed by atoms with van der Waals surface area (Å²) in [5.74, 6) is -2.07. The van der Waals surface area contributed by atoms with Gasteiger partial charge in [0.1, 0.15) is 11.5 Å². The Bertz CT molecular complexity index is 1680. The van der Waals surface area contributed by atoms with Crippen LogP contribution in [0.15, 0.2) is 114 Å². The number of nitrogens with one attached hydrogen (secondary N) is 3. The van der Waals surface area contributed by atoms with Crippen LogP contribution in [-0.4, -0.2) is 35.5 Å². The predicted molar refractivity (Wildman–Crippen MR) is 179 cm³/mol. The quantitative estimate of drug-likeness (QED) is 0.0612. The van der Waals surface area contributed by atoms with Gasteiger partial charge < -0.3 is 20.7 Å². The van der Waals surface area contributed by atoms with Gasteiger partial charge in [0.25, 0.3) is 11.8 Å². The summed E-state index contributed by atoms with van der Waals surface area (Å²) in [6.45, 7) is 4.17. The summed E-state index contributed by atoms with van der Waals surface area (Å²) in [6.07, 6.45) is 3.20. The van der Waals surface area contributed by atoms with Crippen molar-refractivity contribution in [2.75, 3.05) is 17.2 Å². The molecule has 4 aromatic carbocycles. The number of hydrogen-bond donors (Lipinski definition) is 3. The summed E-state index contributed by atoms with van der Waals surface area (Å²) in [5.41, 5.74) is 2.33. The van der Waals surface area contributed by atoms with Crippen molar-refractivity contribution in [1.29, 1.82) is 0 Å². The van der Waals surface area contributed by atoms with Gasteiger partial charge in [0.05, 0.1) is 17.4 Å². The first kappa shape index (κ1) is 33.7. The first-order chi connectivity index (χ1) is 22.2. The maximum Gasteiger partial charge on any atom is 0.338 e. The van der Waals surface area contributed by atoms with Crippen molar-refractivity contribution in [1.82, 2.24) is 5.32 Å². The number of hydrogen-bond acceptors (Lipinski definition) is 6. The van der Waals surface area contributed by atoms with Crippen LogP contribution in [0.25, 0.3) is 6.08 Å². The fraction of sp³-hybridized carbons (Fsp3) is 0.167. The second kappa shape index (κ2) is 16.7. The van der Waals surface area contributed by atoms with E-state index < -0.39 is 28.9 Å². The van der Waals surface area contributed by atoms with Gasteiger partial charge in [0.2, 0.25) is 5.91 Å². The van der Waals surface area contributed by atoms with Gasteiger partial charge in [-0.2, -0.15) is 0 Å². The van der Waals surface area contributed by atoms with Crippen molar-refractivity contribution in [2.45, 2.75) is 36.8 Å². The Morgan fingerprint density at radius 2 is 1.43 bits per heavy atom. The third-order valence-electron chi connectivity index (χ3n) is 6.62. The fourth-order valence-electron chi connectivity index (χ4n) is 4.07. The third kappa shape index (κ3) is 10.2. The minimum absolute atomic E-state index is 0.0226. The molecule has 236 valence electrons. The fourth-order valence-corrected chi connectivity index (χ4v) is 4.93. The number of ether oxygens (including phenoxy) is 1. The molecule has 3 amide bonds. The van der Waals surface area contributed by atoms with E-state index in [9.17, 15) is 23.6 Å². The number of amides is 3. The van der Waals surface area contributed by atoms with Crippen molar-refractivity contribution in [3.63, 3.8) is 0 Å². The van der Waals surface area contributed by atoms with Gasteiger partial charge in [-0.1, -0.05) is 43.7 Å². The zero-order chi connectivity index (χ0) is 32.9. The summed E-state index contributed by atoms with van der Waals surface area (Å²) in [7, 11) is 0. The summed E-state index contributed by atoms with van der Waals surface area (Å²) in [5, 5.41) is 7.83. The highest BCUT2D eigenvalue weighted by Crippen LogP contribution is 2.26. The van der Waals surface area contributed by atoms with E-state index >= 15 is 0 Å². The number of unbranched alkanes of at least 4 members (excludes halogenated alkanes) is 1. The van der Waals surface area contributed by atoms with Gasteiger partial charge in [-0.15, -0.1) is 11.8 Å². The molecule has 0 aliphatic carbocycles. The largest absolute Gasteiger partial charge is 0.462 e. The van der Waals surface area contributed by atoms with Gasteiger partial charge in [-0.05, 0) is 97.8 Å². The highest BCUT2D eigenvalue weighted by Gasteiger charge is 2.17. The molecular weight excluding hydrogens is 605 g/mol. The SMILES string of the molecule is CCCCOC(=O)c1ccc(NC(=O)C(C)Sc2ccc(NC(=O)/C(=C/c3ccc(F)cc3)NC(=O)c3ccccc3)cc2)cc1. The van der Waals surface area contributed by atoms with E-state index in [4.69, 9.17) is 4.74 Å². The Morgan fingerprint density at radius 3 is 2.09 bits per heavy atom. The lowest BCUT2D eigenvalue weighted by Crippen LogP contribution is -2.30. The van der Waals surface area contributed by atoms with Crippen LogP contribution in [0.4, 0.5) is 15.8 Å². The first-order valence-corrected chi connectivity index (χ1v) is 15.6. The molecule has 0 aliphatic rings. The molecule has 1 atom stereocenters. The monoisotopic (exact) mass is 639 g/mol. The lowest BCUT2D eigenvalue weighted by molar-refractivity contribution is -0.115. The Morgan fingerprint density at radius 1 is 0.804 bits per heavy atom. The van der Waals surface area contributed by atoms with Crippen molar-refractivity contribution in [2.24, 2.45) is 0 Å². The average Bonchev–Trinajstić information content (AvgIpc) is 3.07. The van der Waals surface area contributed by atoms with Gasteiger partial charge >= 0.3 is 5.97 Å². The van der Waals surface area contributed by atoms with Crippen molar-refractivity contribution in [3.8, 4) is 0 Å². The number of anilines is 2. The molecule has 8 nitrogen and oxygen atoms in total. The van der Waals surface area contributed by atoms with Gasteiger partial charge in [0, 0.05) is 21.8 Å². The molecule has 0 aliphatic heterocycles. The van der Waals surface area contributed by atoms with E-state index in [-0.39, 0.29) is 11.6 Å². The predicted octanol–water partition coefficient (Wildman–Crippen LogP) is 7.31. The lowest BCUT2D eigenvalue weighted by Gasteiger charge is -2.14. The highest BCUT2D eigenvalue weighted by molar-refractivity contribution is 8.00. The number of halogens is 1. The minimum Gasteiger partial charge on any atom is -0.462 e. The highest BCUT2D eigenvalue weighted by atomic mass is 32.2. The summed E-state index contributed by atoms with van der Waals surface area (Å²) >= 11 is 1.34.